The first kappa shape index (κ1) is 11.3. The standard InChI is InChI=1S/C3H6O3S.Na.H/c1-3(2)6-7(4)5;;/h7H,1H2,2H3;;. The molecule has 0 aromatic heterocycles. The summed E-state index contributed by atoms with van der Waals surface area (Å²) in [5.74, 6) is 0.191. The van der Waals surface area contributed by atoms with Gasteiger partial charge in [-0.1, -0.05) is 6.58 Å². The van der Waals surface area contributed by atoms with Gasteiger partial charge in [0.25, 0.3) is 11.0 Å². The summed E-state index contributed by atoms with van der Waals surface area (Å²) in [5, 5.41) is 0. The monoisotopic (exact) mass is 146 g/mol. The van der Waals surface area contributed by atoms with Crippen molar-refractivity contribution < 1.29 is 12.6 Å². The fourth-order valence-corrected chi connectivity index (χ4v) is 0.382. The summed E-state index contributed by atoms with van der Waals surface area (Å²) in [6.07, 6.45) is 0. The normalized spacial score (nSPS) is 7.75. The van der Waals surface area contributed by atoms with Crippen molar-refractivity contribution >= 4 is 40.5 Å². The molecule has 5 heteroatoms. The van der Waals surface area contributed by atoms with Gasteiger partial charge in [-0.15, -0.1) is 0 Å². The quantitative estimate of drug-likeness (QED) is 0.322. The van der Waals surface area contributed by atoms with Gasteiger partial charge in [0.2, 0.25) is 0 Å². The predicted molar refractivity (Wildman–Crippen MR) is 33.4 cm³/mol. The van der Waals surface area contributed by atoms with Crippen LogP contribution in [0.1, 0.15) is 6.92 Å². The molecule has 0 amide bonds. The molecule has 0 radical (unpaired) electrons. The maximum absolute atomic E-state index is 9.56. The van der Waals surface area contributed by atoms with Gasteiger partial charge < -0.3 is 4.18 Å². The first-order chi connectivity index (χ1) is 3.13. The molecule has 0 saturated heterocycles. The van der Waals surface area contributed by atoms with E-state index in [1.165, 1.54) is 6.92 Å². The van der Waals surface area contributed by atoms with Crippen molar-refractivity contribution in [3.8, 4) is 0 Å². The Bertz CT molecular complexity index is 131. The summed E-state index contributed by atoms with van der Waals surface area (Å²) >= 11 is 0. The van der Waals surface area contributed by atoms with Crippen LogP contribution in [0, 0.1) is 0 Å². The Balaban J connectivity index is 0. The number of hydrogen-bond acceptors (Lipinski definition) is 3. The van der Waals surface area contributed by atoms with Crippen LogP contribution in [0.5, 0.6) is 0 Å². The second-order valence-electron chi connectivity index (χ2n) is 1.02. The zero-order valence-electron chi connectivity index (χ0n) is 3.88. The molecule has 0 aromatic carbocycles. The van der Waals surface area contributed by atoms with E-state index in [9.17, 15) is 8.42 Å². The molecule has 0 unspecified atom stereocenters. The number of allylic oxidation sites excluding steroid dienone is 1. The Morgan fingerprint density at radius 2 is 2.00 bits per heavy atom. The van der Waals surface area contributed by atoms with Crippen LogP contribution in [-0.2, 0) is 15.2 Å². The van der Waals surface area contributed by atoms with Gasteiger partial charge in [-0.3, -0.25) is 0 Å². The third kappa shape index (κ3) is 9.70. The number of rotatable bonds is 2. The molecule has 0 atom stereocenters. The molecule has 0 aliphatic carbocycles. The zero-order chi connectivity index (χ0) is 5.86. The van der Waals surface area contributed by atoms with E-state index in [1.54, 1.807) is 0 Å². The maximum atomic E-state index is 9.56. The van der Waals surface area contributed by atoms with Crippen LogP contribution in [0.3, 0.4) is 0 Å². The van der Waals surface area contributed by atoms with Crippen molar-refractivity contribution in [3.63, 3.8) is 0 Å². The van der Waals surface area contributed by atoms with Gasteiger partial charge in [-0.25, -0.2) is 0 Å². The molecule has 8 heavy (non-hydrogen) atoms. The van der Waals surface area contributed by atoms with Crippen LogP contribution in [0.15, 0.2) is 12.3 Å². The van der Waals surface area contributed by atoms with E-state index in [0.717, 1.165) is 0 Å². The Morgan fingerprint density at radius 1 is 1.62 bits per heavy atom. The molecule has 0 spiro atoms. The van der Waals surface area contributed by atoms with Gasteiger partial charge in [0, 0.05) is 0 Å². The molecule has 0 aliphatic heterocycles. The van der Waals surface area contributed by atoms with Crippen molar-refractivity contribution in [1.82, 2.24) is 0 Å². The number of hydrogen-bond donors (Lipinski definition) is 1. The molecular weight excluding hydrogens is 139 g/mol. The van der Waals surface area contributed by atoms with E-state index in [-0.39, 0.29) is 35.3 Å². The number of thiol groups is 1. The molecule has 0 saturated carbocycles. The van der Waals surface area contributed by atoms with E-state index in [2.05, 4.69) is 10.8 Å². The predicted octanol–water partition coefficient (Wildman–Crippen LogP) is -0.586. The third-order valence-electron chi connectivity index (χ3n) is 0.230. The summed E-state index contributed by atoms with van der Waals surface area (Å²) in [6, 6.07) is 0. The summed E-state index contributed by atoms with van der Waals surface area (Å²) < 4.78 is 23.1. The molecule has 0 N–H and O–H groups in total. The third-order valence-corrected chi connectivity index (χ3v) is 0.691. The van der Waals surface area contributed by atoms with Crippen LogP contribution >= 0.6 is 0 Å². The molecule has 0 bridgehead atoms. The average molecular weight is 146 g/mol. The van der Waals surface area contributed by atoms with E-state index >= 15 is 0 Å². The van der Waals surface area contributed by atoms with Crippen LogP contribution in [0.4, 0.5) is 0 Å². The van der Waals surface area contributed by atoms with Crippen LogP contribution in [0.25, 0.3) is 0 Å². The molecule has 0 heterocycles. The van der Waals surface area contributed by atoms with E-state index < -0.39 is 11.0 Å². The summed E-state index contributed by atoms with van der Waals surface area (Å²) in [7, 11) is -2.74. The molecule has 0 aliphatic rings. The first-order valence-corrected chi connectivity index (χ1v) is 2.70. The average Bonchev–Trinajstić information content (AvgIpc) is 1.27. The molecular formula is C3H7NaO3S. The summed E-state index contributed by atoms with van der Waals surface area (Å²) in [4.78, 5) is 0. The summed E-state index contributed by atoms with van der Waals surface area (Å²) in [5.41, 5.74) is 0. The molecule has 44 valence electrons. The second-order valence-corrected chi connectivity index (χ2v) is 1.65. The van der Waals surface area contributed by atoms with Gasteiger partial charge in [-0.2, -0.15) is 8.42 Å². The Hall–Kier alpha value is 0.490. The van der Waals surface area contributed by atoms with Gasteiger partial charge in [0.1, 0.15) is 5.76 Å². The Morgan fingerprint density at radius 3 is 2.00 bits per heavy atom. The fourth-order valence-electron chi connectivity index (χ4n) is 0.127. The minimum absolute atomic E-state index is 0. The van der Waals surface area contributed by atoms with E-state index in [4.69, 9.17) is 0 Å². The van der Waals surface area contributed by atoms with Gasteiger partial charge >= 0.3 is 29.6 Å². The minimum atomic E-state index is -2.74. The topological polar surface area (TPSA) is 43.4 Å². The second kappa shape index (κ2) is 5.62. The van der Waals surface area contributed by atoms with Crippen LogP contribution < -0.4 is 0 Å². The van der Waals surface area contributed by atoms with Crippen molar-refractivity contribution in [3.05, 3.63) is 12.3 Å². The SMILES string of the molecule is C=C(C)O[SH](=O)=O.[NaH]. The summed E-state index contributed by atoms with van der Waals surface area (Å²) in [6.45, 7) is 4.65. The fraction of sp³-hybridized carbons (Fsp3) is 0.333. The van der Waals surface area contributed by atoms with Crippen LogP contribution in [0.2, 0.25) is 0 Å². The Labute approximate surface area is 72.2 Å². The van der Waals surface area contributed by atoms with Gasteiger partial charge in [-0.05, 0) is 6.92 Å². The van der Waals surface area contributed by atoms with Crippen molar-refractivity contribution in [2.75, 3.05) is 0 Å². The Kier molecular flexibility index (Phi) is 7.95. The van der Waals surface area contributed by atoms with Gasteiger partial charge in [0.15, 0.2) is 0 Å². The first-order valence-electron chi connectivity index (χ1n) is 1.61. The molecule has 0 fully saturated rings. The zero-order valence-corrected chi connectivity index (χ0v) is 4.77. The van der Waals surface area contributed by atoms with Crippen molar-refractivity contribution in [2.45, 2.75) is 6.92 Å². The van der Waals surface area contributed by atoms with Crippen molar-refractivity contribution in [1.29, 1.82) is 0 Å². The molecule has 3 nitrogen and oxygen atoms in total. The van der Waals surface area contributed by atoms with Crippen molar-refractivity contribution in [2.24, 2.45) is 0 Å². The van der Waals surface area contributed by atoms with Gasteiger partial charge in [0.05, 0.1) is 0 Å². The molecule has 0 rings (SSSR count). The van der Waals surface area contributed by atoms with E-state index in [1.807, 2.05) is 0 Å². The van der Waals surface area contributed by atoms with Crippen LogP contribution in [-0.4, -0.2) is 38.0 Å². The molecule has 0 aromatic rings. The van der Waals surface area contributed by atoms with E-state index in [0.29, 0.717) is 0 Å².